The van der Waals surface area contributed by atoms with E-state index >= 15 is 0 Å². The average Bonchev–Trinajstić information content (AvgIpc) is 3.16. The molecule has 1 aliphatic heterocycles. The Labute approximate surface area is 210 Å². The second-order valence-electron chi connectivity index (χ2n) is 12.5. The predicted octanol–water partition coefficient (Wildman–Crippen LogP) is 4.53. The zero-order valence-corrected chi connectivity index (χ0v) is 21.8. The lowest BCUT2D eigenvalue weighted by Gasteiger charge is -2.58. The van der Waals surface area contributed by atoms with Gasteiger partial charge in [-0.15, -0.1) is 6.58 Å². The number of carbonyl (C=O) groups is 1. The summed E-state index contributed by atoms with van der Waals surface area (Å²) in [5.41, 5.74) is 2.13. The molecule has 5 rings (SSSR count). The standard InChI is InChI=1S/C29H44O6/c1-6-18-8-10-22-21-9-7-19-15-20(11-13-29(19,5)23(21)12-14-28(18,22)4)35-27-26(34-17(3)30)25(32)24(31)16(2)33-27/h6-7,16,18,20-27,31-32H,1,8-15H2,2-5H3/t16?,18?,20?,21-,22-,23-,24?,25?,26?,27?,28+,29-/m0/s1. The predicted molar refractivity (Wildman–Crippen MR) is 132 cm³/mol. The van der Waals surface area contributed by atoms with E-state index in [-0.39, 0.29) is 11.5 Å². The van der Waals surface area contributed by atoms with Gasteiger partial charge in [0.15, 0.2) is 12.4 Å². The van der Waals surface area contributed by atoms with E-state index in [0.717, 1.165) is 43.4 Å². The Balaban J connectivity index is 1.30. The number of hydrogen-bond acceptors (Lipinski definition) is 6. The van der Waals surface area contributed by atoms with Crippen LogP contribution >= 0.6 is 0 Å². The molecule has 35 heavy (non-hydrogen) atoms. The van der Waals surface area contributed by atoms with Crippen LogP contribution in [0.15, 0.2) is 24.3 Å². The lowest BCUT2D eigenvalue weighted by atomic mass is 9.47. The summed E-state index contributed by atoms with van der Waals surface area (Å²) in [6, 6.07) is 0. The van der Waals surface area contributed by atoms with Crippen LogP contribution in [0.4, 0.5) is 0 Å². The smallest absolute Gasteiger partial charge is 0.303 e. The number of carbonyl (C=O) groups excluding carboxylic acids is 1. The van der Waals surface area contributed by atoms with Gasteiger partial charge in [-0.3, -0.25) is 4.79 Å². The third-order valence-electron chi connectivity index (χ3n) is 10.8. The molecule has 4 fully saturated rings. The maximum Gasteiger partial charge on any atom is 0.303 e. The van der Waals surface area contributed by atoms with Gasteiger partial charge in [0, 0.05) is 6.92 Å². The van der Waals surface area contributed by atoms with Crippen molar-refractivity contribution in [2.24, 2.45) is 34.5 Å². The second kappa shape index (κ2) is 9.27. The highest BCUT2D eigenvalue weighted by molar-refractivity contribution is 5.66. The monoisotopic (exact) mass is 488 g/mol. The summed E-state index contributed by atoms with van der Waals surface area (Å²) in [4.78, 5) is 11.6. The Morgan fingerprint density at radius 1 is 1.14 bits per heavy atom. The zero-order chi connectivity index (χ0) is 25.1. The van der Waals surface area contributed by atoms with Crippen molar-refractivity contribution in [2.45, 2.75) is 116 Å². The molecule has 4 aliphatic carbocycles. The first kappa shape index (κ1) is 25.4. The summed E-state index contributed by atoms with van der Waals surface area (Å²) in [6.45, 7) is 12.2. The second-order valence-corrected chi connectivity index (χ2v) is 12.5. The number of fused-ring (bicyclic) bond motifs is 5. The maximum absolute atomic E-state index is 11.6. The number of rotatable bonds is 4. The molecule has 12 atom stereocenters. The fourth-order valence-corrected chi connectivity index (χ4v) is 8.79. The molecule has 0 aromatic heterocycles. The Morgan fingerprint density at radius 3 is 2.63 bits per heavy atom. The van der Waals surface area contributed by atoms with Crippen LogP contribution in [0.1, 0.15) is 79.1 Å². The van der Waals surface area contributed by atoms with Gasteiger partial charge >= 0.3 is 5.97 Å². The van der Waals surface area contributed by atoms with Gasteiger partial charge in [0.05, 0.1) is 12.2 Å². The van der Waals surface area contributed by atoms with Gasteiger partial charge in [0.1, 0.15) is 12.2 Å². The third-order valence-corrected chi connectivity index (χ3v) is 10.8. The largest absolute Gasteiger partial charge is 0.454 e. The third kappa shape index (κ3) is 4.13. The van der Waals surface area contributed by atoms with E-state index in [1.807, 2.05) is 0 Å². The molecule has 1 saturated heterocycles. The number of allylic oxidation sites excluding steroid dienone is 2. The van der Waals surface area contributed by atoms with Gasteiger partial charge in [0.25, 0.3) is 0 Å². The van der Waals surface area contributed by atoms with Crippen LogP contribution in [-0.2, 0) is 19.0 Å². The molecule has 0 bridgehead atoms. The van der Waals surface area contributed by atoms with E-state index in [4.69, 9.17) is 14.2 Å². The lowest BCUT2D eigenvalue weighted by Crippen LogP contribution is -2.59. The molecule has 1 heterocycles. The first-order valence-electron chi connectivity index (χ1n) is 13.7. The van der Waals surface area contributed by atoms with Crippen molar-refractivity contribution < 1.29 is 29.2 Å². The van der Waals surface area contributed by atoms with Gasteiger partial charge < -0.3 is 24.4 Å². The van der Waals surface area contributed by atoms with Gasteiger partial charge in [-0.25, -0.2) is 0 Å². The van der Waals surface area contributed by atoms with Gasteiger partial charge in [-0.1, -0.05) is 31.6 Å². The summed E-state index contributed by atoms with van der Waals surface area (Å²) in [5.74, 6) is 2.41. The minimum atomic E-state index is -1.24. The van der Waals surface area contributed by atoms with Crippen LogP contribution in [0.3, 0.4) is 0 Å². The number of ether oxygens (including phenoxy) is 3. The minimum absolute atomic E-state index is 0.0611. The fraction of sp³-hybridized carbons (Fsp3) is 0.828. The summed E-state index contributed by atoms with van der Waals surface area (Å²) < 4.78 is 17.6. The van der Waals surface area contributed by atoms with E-state index < -0.39 is 36.7 Å². The van der Waals surface area contributed by atoms with E-state index in [1.54, 1.807) is 6.92 Å². The molecule has 5 aliphatic rings. The molecule has 6 nitrogen and oxygen atoms in total. The van der Waals surface area contributed by atoms with Crippen molar-refractivity contribution in [2.75, 3.05) is 0 Å². The van der Waals surface area contributed by atoms with Crippen LogP contribution in [0.2, 0.25) is 0 Å². The van der Waals surface area contributed by atoms with Crippen molar-refractivity contribution in [3.8, 4) is 0 Å². The molecule has 2 N–H and O–H groups in total. The summed E-state index contributed by atoms with van der Waals surface area (Å²) in [7, 11) is 0. The molecule has 196 valence electrons. The van der Waals surface area contributed by atoms with Crippen molar-refractivity contribution in [1.82, 2.24) is 0 Å². The van der Waals surface area contributed by atoms with Crippen molar-refractivity contribution in [3.05, 3.63) is 24.3 Å². The molecule has 7 unspecified atom stereocenters. The highest BCUT2D eigenvalue weighted by Gasteiger charge is 2.58. The summed E-state index contributed by atoms with van der Waals surface area (Å²) in [5, 5.41) is 20.8. The Bertz CT molecular complexity index is 869. The first-order chi connectivity index (χ1) is 16.6. The zero-order valence-electron chi connectivity index (χ0n) is 21.8. The van der Waals surface area contributed by atoms with Crippen LogP contribution in [0.5, 0.6) is 0 Å². The van der Waals surface area contributed by atoms with Gasteiger partial charge in [-0.2, -0.15) is 0 Å². The highest BCUT2D eigenvalue weighted by Crippen LogP contribution is 2.66. The molecule has 0 aromatic rings. The molecule has 0 amide bonds. The molecule has 6 heteroatoms. The summed E-state index contributed by atoms with van der Waals surface area (Å²) >= 11 is 0. The Morgan fingerprint density at radius 2 is 1.91 bits per heavy atom. The highest BCUT2D eigenvalue weighted by atomic mass is 16.7. The maximum atomic E-state index is 11.6. The van der Waals surface area contributed by atoms with E-state index in [0.29, 0.717) is 11.3 Å². The number of hydrogen-bond donors (Lipinski definition) is 2. The van der Waals surface area contributed by atoms with Crippen molar-refractivity contribution in [1.29, 1.82) is 0 Å². The van der Waals surface area contributed by atoms with E-state index in [2.05, 4.69) is 32.6 Å². The Hall–Kier alpha value is -1.21. The van der Waals surface area contributed by atoms with Crippen molar-refractivity contribution in [3.63, 3.8) is 0 Å². The molecular formula is C29H44O6. The average molecular weight is 489 g/mol. The number of aliphatic hydroxyl groups excluding tert-OH is 2. The normalized spacial score (nSPS) is 51.4. The van der Waals surface area contributed by atoms with Gasteiger partial charge in [0.2, 0.25) is 0 Å². The van der Waals surface area contributed by atoms with E-state index in [9.17, 15) is 15.0 Å². The van der Waals surface area contributed by atoms with Gasteiger partial charge in [-0.05, 0) is 92.8 Å². The molecular weight excluding hydrogens is 444 g/mol. The topological polar surface area (TPSA) is 85.2 Å². The lowest BCUT2D eigenvalue weighted by molar-refractivity contribution is -0.308. The quantitative estimate of drug-likeness (QED) is 0.447. The van der Waals surface area contributed by atoms with Crippen LogP contribution in [0, 0.1) is 34.5 Å². The molecule has 0 spiro atoms. The number of esters is 1. The van der Waals surface area contributed by atoms with Crippen LogP contribution in [-0.4, -0.2) is 53.0 Å². The molecule has 3 saturated carbocycles. The van der Waals surface area contributed by atoms with E-state index in [1.165, 1.54) is 38.2 Å². The summed E-state index contributed by atoms with van der Waals surface area (Å²) in [6.07, 6.45) is 9.00. The molecule has 0 aromatic carbocycles. The van der Waals surface area contributed by atoms with Crippen LogP contribution in [0.25, 0.3) is 0 Å². The van der Waals surface area contributed by atoms with Crippen LogP contribution < -0.4 is 0 Å². The minimum Gasteiger partial charge on any atom is -0.454 e. The SMILES string of the molecule is C=CC1CC[C@H]2[C@@H]3CC=C4CC(OC5OC(C)C(O)C(O)C5OC(C)=O)CC[C@]4(C)[C@H]3CC[C@]12C. The number of aliphatic hydroxyl groups is 2. The Kier molecular flexibility index (Phi) is 6.74. The molecule has 0 radical (unpaired) electrons. The first-order valence-corrected chi connectivity index (χ1v) is 13.7. The van der Waals surface area contributed by atoms with Crippen molar-refractivity contribution >= 4 is 5.97 Å². The fourth-order valence-electron chi connectivity index (χ4n) is 8.79.